The van der Waals surface area contributed by atoms with Gasteiger partial charge in [0.2, 0.25) is 0 Å². The van der Waals surface area contributed by atoms with Crippen molar-refractivity contribution in [2.75, 3.05) is 13.6 Å². The lowest BCUT2D eigenvalue weighted by atomic mass is 10.00. The van der Waals surface area contributed by atoms with Crippen LogP contribution < -0.4 is 10.6 Å². The summed E-state index contributed by atoms with van der Waals surface area (Å²) < 4.78 is 5.25. The van der Waals surface area contributed by atoms with Gasteiger partial charge in [-0.15, -0.1) is 24.0 Å². The van der Waals surface area contributed by atoms with Gasteiger partial charge in [-0.25, -0.2) is 0 Å². The van der Waals surface area contributed by atoms with Gasteiger partial charge < -0.3 is 15.2 Å². The molecule has 2 unspecified atom stereocenters. The molecule has 1 heterocycles. The van der Waals surface area contributed by atoms with Crippen molar-refractivity contribution in [2.24, 2.45) is 4.99 Å². The highest BCUT2D eigenvalue weighted by Gasteiger charge is 2.17. The minimum absolute atomic E-state index is 0. The van der Waals surface area contributed by atoms with E-state index in [-0.39, 0.29) is 35.9 Å². The Morgan fingerprint density at radius 2 is 1.88 bits per heavy atom. The van der Waals surface area contributed by atoms with Crippen molar-refractivity contribution in [3.63, 3.8) is 0 Å². The number of guanidine groups is 1. The van der Waals surface area contributed by atoms with E-state index in [1.807, 2.05) is 38.1 Å². The maximum Gasteiger partial charge on any atom is 0.191 e. The average molecular weight is 477 g/mol. The Bertz CT molecular complexity index is 680. The number of rotatable bonds is 5. The van der Waals surface area contributed by atoms with Crippen LogP contribution in [0.15, 0.2) is 33.8 Å². The van der Waals surface area contributed by atoms with Crippen molar-refractivity contribution >= 4 is 41.5 Å². The van der Waals surface area contributed by atoms with E-state index in [0.29, 0.717) is 0 Å². The second kappa shape index (κ2) is 10.0. The molecular formula is C18H26ClIN4O. The zero-order valence-corrected chi connectivity index (χ0v) is 18.3. The molecule has 1 aromatic carbocycles. The fourth-order valence-electron chi connectivity index (χ4n) is 2.78. The van der Waals surface area contributed by atoms with Crippen LogP contribution >= 0.6 is 35.6 Å². The summed E-state index contributed by atoms with van der Waals surface area (Å²) in [6.07, 6.45) is 0. The second-order valence-corrected chi connectivity index (χ2v) is 6.45. The first kappa shape index (κ1) is 21.8. The number of nitrogens with zero attached hydrogens (tertiary/aromatic N) is 2. The molecule has 2 rings (SSSR count). The van der Waals surface area contributed by atoms with Crippen LogP contribution in [0, 0.1) is 13.8 Å². The lowest BCUT2D eigenvalue weighted by Crippen LogP contribution is -2.40. The summed E-state index contributed by atoms with van der Waals surface area (Å²) >= 11 is 5.94. The summed E-state index contributed by atoms with van der Waals surface area (Å²) in [7, 11) is 1.77. The van der Waals surface area contributed by atoms with Crippen LogP contribution in [-0.4, -0.2) is 24.7 Å². The van der Waals surface area contributed by atoms with Crippen molar-refractivity contribution < 1.29 is 4.52 Å². The Labute approximate surface area is 171 Å². The molecule has 2 atom stereocenters. The Kier molecular flexibility index (Phi) is 8.71. The largest absolute Gasteiger partial charge is 0.361 e. The van der Waals surface area contributed by atoms with Gasteiger partial charge in [0.25, 0.3) is 0 Å². The highest BCUT2D eigenvalue weighted by molar-refractivity contribution is 14.0. The molecule has 0 spiro atoms. The van der Waals surface area contributed by atoms with Crippen molar-refractivity contribution in [3.05, 3.63) is 51.9 Å². The topological polar surface area (TPSA) is 62.5 Å². The third-order valence-electron chi connectivity index (χ3n) is 4.10. The van der Waals surface area contributed by atoms with E-state index >= 15 is 0 Å². The summed E-state index contributed by atoms with van der Waals surface area (Å²) in [5.74, 6) is 1.91. The van der Waals surface area contributed by atoms with E-state index in [0.717, 1.165) is 40.1 Å². The van der Waals surface area contributed by atoms with Crippen LogP contribution in [0.3, 0.4) is 0 Å². The molecule has 0 fully saturated rings. The molecule has 5 nitrogen and oxygen atoms in total. The maximum atomic E-state index is 5.94. The number of aliphatic imine (C=N–C) groups is 1. The number of hydrogen-bond acceptors (Lipinski definition) is 3. The summed E-state index contributed by atoms with van der Waals surface area (Å²) in [4.78, 5) is 4.30. The SMILES string of the molecule is CN=C(NCC(C)c1c(C)noc1C)NC(C)c1ccc(Cl)cc1.I. The molecule has 0 aliphatic rings. The third-order valence-corrected chi connectivity index (χ3v) is 4.36. The number of hydrogen-bond donors (Lipinski definition) is 2. The number of aromatic nitrogens is 1. The van der Waals surface area contributed by atoms with Crippen LogP contribution in [-0.2, 0) is 0 Å². The fraction of sp³-hybridized carbons (Fsp3) is 0.444. The van der Waals surface area contributed by atoms with E-state index in [1.165, 1.54) is 0 Å². The van der Waals surface area contributed by atoms with Crippen molar-refractivity contribution in [2.45, 2.75) is 39.7 Å². The van der Waals surface area contributed by atoms with Crippen LogP contribution in [0.4, 0.5) is 0 Å². The van der Waals surface area contributed by atoms with Crippen molar-refractivity contribution in [3.8, 4) is 0 Å². The minimum atomic E-state index is 0. The standard InChI is InChI=1S/C18H25ClN4O.HI/c1-11(17-13(3)23-24-14(17)4)10-21-18(20-5)22-12(2)15-6-8-16(19)9-7-15;/h6-9,11-12H,10H2,1-5H3,(H2,20,21,22);1H. The molecule has 25 heavy (non-hydrogen) atoms. The number of nitrogens with one attached hydrogen (secondary N) is 2. The number of halogens is 2. The monoisotopic (exact) mass is 476 g/mol. The number of benzene rings is 1. The van der Waals surface area contributed by atoms with Gasteiger partial charge in [-0.2, -0.15) is 0 Å². The van der Waals surface area contributed by atoms with Gasteiger partial charge in [0, 0.05) is 30.1 Å². The first-order valence-electron chi connectivity index (χ1n) is 8.07. The molecular weight excluding hydrogens is 451 g/mol. The molecule has 0 saturated heterocycles. The van der Waals surface area contributed by atoms with Gasteiger partial charge in [0.05, 0.1) is 11.7 Å². The highest BCUT2D eigenvalue weighted by atomic mass is 127. The van der Waals surface area contributed by atoms with Crippen LogP contribution in [0.1, 0.15) is 48.4 Å². The van der Waals surface area contributed by atoms with E-state index < -0.39 is 0 Å². The van der Waals surface area contributed by atoms with E-state index in [2.05, 4.69) is 34.6 Å². The summed E-state index contributed by atoms with van der Waals surface area (Å²) in [5, 5.41) is 11.5. The van der Waals surface area contributed by atoms with Crippen molar-refractivity contribution in [1.82, 2.24) is 15.8 Å². The zero-order valence-electron chi connectivity index (χ0n) is 15.3. The Balaban J connectivity index is 0.00000312. The Hall–Kier alpha value is -1.28. The smallest absolute Gasteiger partial charge is 0.191 e. The van der Waals surface area contributed by atoms with Gasteiger partial charge in [-0.3, -0.25) is 4.99 Å². The summed E-state index contributed by atoms with van der Waals surface area (Å²) in [5.41, 5.74) is 3.25. The molecule has 0 amide bonds. The third kappa shape index (κ3) is 5.88. The summed E-state index contributed by atoms with van der Waals surface area (Å²) in [6.45, 7) is 8.90. The fourth-order valence-corrected chi connectivity index (χ4v) is 2.91. The van der Waals surface area contributed by atoms with Gasteiger partial charge in [-0.1, -0.05) is 35.8 Å². The number of aryl methyl sites for hydroxylation is 2. The van der Waals surface area contributed by atoms with E-state index in [1.54, 1.807) is 7.05 Å². The molecule has 0 aliphatic carbocycles. The second-order valence-electron chi connectivity index (χ2n) is 6.01. The van der Waals surface area contributed by atoms with Gasteiger partial charge >= 0.3 is 0 Å². The highest BCUT2D eigenvalue weighted by Crippen LogP contribution is 2.22. The first-order chi connectivity index (χ1) is 11.4. The van der Waals surface area contributed by atoms with Crippen LogP contribution in [0.25, 0.3) is 0 Å². The molecule has 138 valence electrons. The molecule has 0 bridgehead atoms. The summed E-state index contributed by atoms with van der Waals surface area (Å²) in [6, 6.07) is 7.94. The maximum absolute atomic E-state index is 5.94. The predicted molar refractivity (Wildman–Crippen MR) is 114 cm³/mol. The lowest BCUT2D eigenvalue weighted by molar-refractivity contribution is 0.391. The van der Waals surface area contributed by atoms with Gasteiger partial charge in [-0.05, 0) is 38.5 Å². The molecule has 0 saturated carbocycles. The van der Waals surface area contributed by atoms with Crippen LogP contribution in [0.2, 0.25) is 5.02 Å². The van der Waals surface area contributed by atoms with E-state index in [9.17, 15) is 0 Å². The minimum Gasteiger partial charge on any atom is -0.361 e. The van der Waals surface area contributed by atoms with Gasteiger partial charge in [0.1, 0.15) is 5.76 Å². The Morgan fingerprint density at radius 1 is 1.24 bits per heavy atom. The normalized spacial score (nSPS) is 13.8. The molecule has 7 heteroatoms. The van der Waals surface area contributed by atoms with Crippen LogP contribution in [0.5, 0.6) is 0 Å². The quantitative estimate of drug-likeness (QED) is 0.376. The molecule has 1 aromatic heterocycles. The Morgan fingerprint density at radius 3 is 2.40 bits per heavy atom. The predicted octanol–water partition coefficient (Wildman–Crippen LogP) is 4.59. The van der Waals surface area contributed by atoms with E-state index in [4.69, 9.17) is 16.1 Å². The lowest BCUT2D eigenvalue weighted by Gasteiger charge is -2.20. The zero-order chi connectivity index (χ0) is 17.7. The van der Waals surface area contributed by atoms with Crippen molar-refractivity contribution in [1.29, 1.82) is 0 Å². The van der Waals surface area contributed by atoms with Gasteiger partial charge in [0.15, 0.2) is 5.96 Å². The molecule has 2 aromatic rings. The molecule has 2 N–H and O–H groups in total. The molecule has 0 radical (unpaired) electrons. The molecule has 0 aliphatic heterocycles. The average Bonchev–Trinajstić information content (AvgIpc) is 2.90. The first-order valence-corrected chi connectivity index (χ1v) is 8.45.